The number of carbonyl (C=O) groups is 1. The number of hydrogen-bond donors (Lipinski definition) is 2. The lowest BCUT2D eigenvalue weighted by molar-refractivity contribution is -0.164. The molecule has 0 fully saturated rings. The molecule has 0 saturated heterocycles. The fourth-order valence-corrected chi connectivity index (χ4v) is 3.49. The van der Waals surface area contributed by atoms with Crippen LogP contribution in [0, 0.1) is 5.82 Å². The Hall–Kier alpha value is -4.23. The lowest BCUT2D eigenvalue weighted by Crippen LogP contribution is -2.48. The predicted molar refractivity (Wildman–Crippen MR) is 111 cm³/mol. The predicted octanol–water partition coefficient (Wildman–Crippen LogP) is 4.14. The first-order valence-corrected chi connectivity index (χ1v) is 9.95. The fourth-order valence-electron chi connectivity index (χ4n) is 3.49. The maximum atomic E-state index is 14.9. The second-order valence-corrected chi connectivity index (χ2v) is 7.68. The van der Waals surface area contributed by atoms with Gasteiger partial charge in [0, 0.05) is 23.6 Å². The molecule has 3 aromatic rings. The molecule has 0 saturated carbocycles. The van der Waals surface area contributed by atoms with Gasteiger partial charge < -0.3 is 19.1 Å². The van der Waals surface area contributed by atoms with E-state index in [1.165, 1.54) is 44.6 Å². The average Bonchev–Trinajstić information content (AvgIpc) is 3.28. The Morgan fingerprint density at radius 3 is 2.60 bits per heavy atom. The highest BCUT2D eigenvalue weighted by Gasteiger charge is 2.50. The molecule has 4 rings (SSSR count). The summed E-state index contributed by atoms with van der Waals surface area (Å²) in [4.78, 5) is 22.4. The van der Waals surface area contributed by atoms with Crippen LogP contribution in [0.15, 0.2) is 46.2 Å². The van der Waals surface area contributed by atoms with E-state index in [0.29, 0.717) is 5.75 Å². The zero-order chi connectivity index (χ0) is 25.4. The van der Waals surface area contributed by atoms with E-state index in [1.54, 1.807) is 5.32 Å². The van der Waals surface area contributed by atoms with Crippen molar-refractivity contribution in [2.24, 2.45) is 4.99 Å². The maximum Gasteiger partial charge on any atom is 0.412 e. The van der Waals surface area contributed by atoms with Gasteiger partial charge in [-0.1, -0.05) is 5.16 Å². The number of rotatable bonds is 4. The van der Waals surface area contributed by atoms with Crippen molar-refractivity contribution >= 4 is 12.1 Å². The van der Waals surface area contributed by atoms with Crippen molar-refractivity contribution in [2.45, 2.75) is 31.2 Å². The van der Waals surface area contributed by atoms with Crippen LogP contribution in [0.1, 0.15) is 18.9 Å². The van der Waals surface area contributed by atoms with Crippen LogP contribution in [-0.4, -0.2) is 51.7 Å². The van der Waals surface area contributed by atoms with Gasteiger partial charge in [0.05, 0.1) is 19.5 Å². The largest absolute Gasteiger partial charge is 0.494 e. The van der Waals surface area contributed by atoms with E-state index in [0.717, 1.165) is 6.07 Å². The average molecular weight is 495 g/mol. The summed E-state index contributed by atoms with van der Waals surface area (Å²) >= 11 is 0. The summed E-state index contributed by atoms with van der Waals surface area (Å²) in [6, 6.07) is 1.87. The van der Waals surface area contributed by atoms with Gasteiger partial charge in [0.15, 0.2) is 29.1 Å². The molecule has 0 aliphatic carbocycles. The molecule has 1 aliphatic heterocycles. The molecule has 3 heterocycles. The monoisotopic (exact) mass is 495 g/mol. The van der Waals surface area contributed by atoms with Gasteiger partial charge in [0.1, 0.15) is 11.4 Å². The van der Waals surface area contributed by atoms with Crippen molar-refractivity contribution in [2.75, 3.05) is 7.11 Å². The lowest BCUT2D eigenvalue weighted by atomic mass is 9.86. The molecule has 0 bridgehead atoms. The van der Waals surface area contributed by atoms with E-state index < -0.39 is 42.2 Å². The topological polar surface area (TPSA) is 132 Å². The number of hydrogen-bond acceptors (Lipinski definition) is 8. The Morgan fingerprint density at radius 2 is 1.97 bits per heavy atom. The normalized spacial score (nSPS) is 20.1. The standard InChI is InChI=1S/C21H17F4N5O5/c1-20(7-16(21(23,24)25)28-18(34-20)29-19(31)32)12-5-10(3-4-13(12)22)15-6-14(30-35-15)17-26-8-11(33-2)9-27-17/h3-6,8-9,16H,7H2,1-2H3,(H,28,29)(H,31,32)/t16-,20-/m0/s1. The molecular formula is C21H17F4N5O5. The molecule has 2 aromatic heterocycles. The highest BCUT2D eigenvalue weighted by atomic mass is 19.4. The SMILES string of the molecule is COc1cnc(-c2cc(-c3ccc(F)c([C@]4(C)C[C@@H](C(F)(F)F)N=C(NC(=O)O)O4)c3)on2)nc1. The second kappa shape index (κ2) is 8.85. The number of benzene rings is 1. The molecule has 1 aromatic carbocycles. The second-order valence-electron chi connectivity index (χ2n) is 7.68. The molecule has 184 valence electrons. The Kier molecular flexibility index (Phi) is 6.05. The zero-order valence-electron chi connectivity index (χ0n) is 18.1. The van der Waals surface area contributed by atoms with Crippen molar-refractivity contribution in [1.29, 1.82) is 0 Å². The number of amides is 1. The number of halogens is 4. The molecule has 0 radical (unpaired) electrons. The summed E-state index contributed by atoms with van der Waals surface area (Å²) in [5, 5.41) is 14.5. The van der Waals surface area contributed by atoms with E-state index >= 15 is 0 Å². The van der Waals surface area contributed by atoms with Crippen LogP contribution >= 0.6 is 0 Å². The van der Waals surface area contributed by atoms with Gasteiger partial charge in [-0.3, -0.25) is 0 Å². The summed E-state index contributed by atoms with van der Waals surface area (Å²) in [6.07, 6.45) is -4.44. The molecule has 14 heteroatoms. The highest BCUT2D eigenvalue weighted by molar-refractivity contribution is 5.90. The molecule has 0 spiro atoms. The number of ether oxygens (including phenoxy) is 2. The van der Waals surface area contributed by atoms with Crippen LogP contribution in [0.3, 0.4) is 0 Å². The van der Waals surface area contributed by atoms with E-state index in [9.17, 15) is 22.4 Å². The molecule has 0 unspecified atom stereocenters. The molecule has 35 heavy (non-hydrogen) atoms. The van der Waals surface area contributed by atoms with E-state index in [4.69, 9.17) is 19.1 Å². The minimum absolute atomic E-state index is 0.157. The first-order chi connectivity index (χ1) is 16.5. The quantitative estimate of drug-likeness (QED) is 0.517. The number of nitrogens with zero attached hydrogens (tertiary/aromatic N) is 4. The fraction of sp³-hybridized carbons (Fsp3) is 0.286. The van der Waals surface area contributed by atoms with E-state index in [2.05, 4.69) is 20.1 Å². The third-order valence-electron chi connectivity index (χ3n) is 5.19. The molecule has 1 amide bonds. The highest BCUT2D eigenvalue weighted by Crippen LogP contribution is 2.42. The van der Waals surface area contributed by atoms with Crippen molar-refractivity contribution in [3.8, 4) is 28.6 Å². The Morgan fingerprint density at radius 1 is 1.26 bits per heavy atom. The van der Waals surface area contributed by atoms with Crippen molar-refractivity contribution < 1.29 is 41.5 Å². The van der Waals surface area contributed by atoms with Gasteiger partial charge in [-0.25, -0.2) is 29.5 Å². The summed E-state index contributed by atoms with van der Waals surface area (Å²) < 4.78 is 71.0. The van der Waals surface area contributed by atoms with Crippen LogP contribution < -0.4 is 10.1 Å². The smallest absolute Gasteiger partial charge is 0.412 e. The molecule has 10 nitrogen and oxygen atoms in total. The molecule has 2 atom stereocenters. The third-order valence-corrected chi connectivity index (χ3v) is 5.19. The summed E-state index contributed by atoms with van der Waals surface area (Å²) in [5.74, 6) is -0.0601. The number of amidine groups is 1. The number of carboxylic acid groups (broad SMARTS) is 1. The number of aromatic nitrogens is 3. The van der Waals surface area contributed by atoms with Crippen molar-refractivity contribution in [1.82, 2.24) is 20.4 Å². The molecule has 1 aliphatic rings. The third kappa shape index (κ3) is 5.00. The van der Waals surface area contributed by atoms with Gasteiger partial charge >= 0.3 is 12.3 Å². The van der Waals surface area contributed by atoms with Gasteiger partial charge in [0.2, 0.25) is 0 Å². The van der Waals surface area contributed by atoms with Crippen LogP contribution in [0.4, 0.5) is 22.4 Å². The minimum Gasteiger partial charge on any atom is -0.494 e. The van der Waals surface area contributed by atoms with Crippen LogP contribution in [-0.2, 0) is 10.3 Å². The maximum absolute atomic E-state index is 14.9. The van der Waals surface area contributed by atoms with Crippen molar-refractivity contribution in [3.05, 3.63) is 48.0 Å². The van der Waals surface area contributed by atoms with Crippen LogP contribution in [0.25, 0.3) is 22.8 Å². The van der Waals surface area contributed by atoms with Gasteiger partial charge in [-0.15, -0.1) is 0 Å². The van der Waals surface area contributed by atoms with E-state index in [1.807, 2.05) is 0 Å². The van der Waals surface area contributed by atoms with Gasteiger partial charge in [0.25, 0.3) is 6.02 Å². The Labute approximate surface area is 194 Å². The van der Waals surface area contributed by atoms with Crippen molar-refractivity contribution in [3.63, 3.8) is 0 Å². The van der Waals surface area contributed by atoms with E-state index in [-0.39, 0.29) is 28.4 Å². The van der Waals surface area contributed by atoms with Crippen LogP contribution in [0.2, 0.25) is 0 Å². The number of methoxy groups -OCH3 is 1. The van der Waals surface area contributed by atoms with Gasteiger partial charge in [-0.05, 0) is 25.1 Å². The Balaban J connectivity index is 1.69. The van der Waals surface area contributed by atoms with Gasteiger partial charge in [-0.2, -0.15) is 13.2 Å². The minimum atomic E-state index is -4.82. The lowest BCUT2D eigenvalue weighted by Gasteiger charge is -2.38. The first kappa shape index (κ1) is 23.9. The Bertz CT molecular complexity index is 1280. The number of aliphatic imine (C=N–C) groups is 1. The zero-order valence-corrected chi connectivity index (χ0v) is 18.1. The van der Waals surface area contributed by atoms with Crippen LogP contribution in [0.5, 0.6) is 5.75 Å². The summed E-state index contributed by atoms with van der Waals surface area (Å²) in [5.41, 5.74) is -1.65. The first-order valence-electron chi connectivity index (χ1n) is 9.95. The number of nitrogens with one attached hydrogen (secondary N) is 1. The molecule has 2 N–H and O–H groups in total. The molecular weight excluding hydrogens is 478 g/mol. The number of alkyl halides is 3. The summed E-state index contributed by atoms with van der Waals surface area (Å²) in [7, 11) is 1.46. The summed E-state index contributed by atoms with van der Waals surface area (Å²) in [6.45, 7) is 1.21.